The summed E-state index contributed by atoms with van der Waals surface area (Å²) in [5.74, 6) is 2.71. The van der Waals surface area contributed by atoms with Crippen LogP contribution in [0.25, 0.3) is 0 Å². The van der Waals surface area contributed by atoms with Gasteiger partial charge in [-0.05, 0) is 46.5 Å². The summed E-state index contributed by atoms with van der Waals surface area (Å²) < 4.78 is 5.52. The molecule has 0 aromatic carbocycles. The Kier molecular flexibility index (Phi) is 6.32. The molecule has 1 aliphatic carbocycles. The highest BCUT2D eigenvalue weighted by atomic mass is 16.6. The number of carbonyl (C=O) groups excluding carboxylic acids is 1. The second-order valence-corrected chi connectivity index (χ2v) is 7.61. The van der Waals surface area contributed by atoms with E-state index >= 15 is 0 Å². The molecular weight excluding hydrogens is 290 g/mol. The van der Waals surface area contributed by atoms with Crippen LogP contribution in [0.2, 0.25) is 0 Å². The molecule has 0 unspecified atom stereocenters. The number of terminal acetylenes is 1. The number of rotatable bonds is 6. The maximum Gasteiger partial charge on any atom is 0.410 e. The van der Waals surface area contributed by atoms with Crippen LogP contribution in [-0.2, 0) is 4.74 Å². The van der Waals surface area contributed by atoms with E-state index in [4.69, 9.17) is 11.2 Å². The summed E-state index contributed by atoms with van der Waals surface area (Å²) >= 11 is 0. The first-order valence-electron chi connectivity index (χ1n) is 8.78. The summed E-state index contributed by atoms with van der Waals surface area (Å²) in [6, 6.07) is 0.910. The molecule has 0 bridgehead atoms. The molecule has 0 aromatic heterocycles. The fourth-order valence-electron chi connectivity index (χ4n) is 2.94. The van der Waals surface area contributed by atoms with Crippen molar-refractivity contribution in [1.29, 1.82) is 0 Å². The molecule has 1 saturated heterocycles. The minimum atomic E-state index is -0.429. The van der Waals surface area contributed by atoms with E-state index in [1.807, 2.05) is 25.7 Å². The first kappa shape index (κ1) is 18.1. The normalized spacial score (nSPS) is 20.1. The fourth-order valence-corrected chi connectivity index (χ4v) is 2.94. The van der Waals surface area contributed by atoms with E-state index in [1.54, 1.807) is 0 Å². The van der Waals surface area contributed by atoms with Gasteiger partial charge in [0, 0.05) is 38.3 Å². The lowest BCUT2D eigenvalue weighted by molar-refractivity contribution is 0.0233. The molecule has 2 rings (SSSR count). The van der Waals surface area contributed by atoms with Gasteiger partial charge in [0.15, 0.2) is 0 Å². The van der Waals surface area contributed by atoms with Crippen molar-refractivity contribution in [2.45, 2.75) is 64.1 Å². The molecule has 0 aromatic rings. The Balaban J connectivity index is 1.69. The third kappa shape index (κ3) is 6.40. The average Bonchev–Trinajstić information content (AvgIpc) is 3.28. The van der Waals surface area contributed by atoms with Gasteiger partial charge in [-0.15, -0.1) is 6.42 Å². The van der Waals surface area contributed by atoms with Crippen LogP contribution in [0.15, 0.2) is 0 Å². The highest BCUT2D eigenvalue weighted by Crippen LogP contribution is 2.28. The summed E-state index contributed by atoms with van der Waals surface area (Å²) in [6.45, 7) is 10.2. The van der Waals surface area contributed by atoms with Gasteiger partial charge in [0.25, 0.3) is 0 Å². The van der Waals surface area contributed by atoms with E-state index in [1.165, 1.54) is 0 Å². The Hall–Kier alpha value is -1.25. The zero-order valence-corrected chi connectivity index (χ0v) is 14.8. The Bertz CT molecular complexity index is 427. The molecule has 130 valence electrons. The summed E-state index contributed by atoms with van der Waals surface area (Å²) in [4.78, 5) is 16.5. The van der Waals surface area contributed by atoms with E-state index in [9.17, 15) is 4.79 Å². The monoisotopic (exact) mass is 321 g/mol. The second-order valence-electron chi connectivity index (χ2n) is 7.61. The van der Waals surface area contributed by atoms with Gasteiger partial charge in [0.1, 0.15) is 5.60 Å². The summed E-state index contributed by atoms with van der Waals surface area (Å²) in [6.07, 6.45) is 9.63. The highest BCUT2D eigenvalue weighted by Gasteiger charge is 2.35. The molecule has 5 nitrogen and oxygen atoms in total. The number of carbonyl (C=O) groups is 1. The van der Waals surface area contributed by atoms with Crippen LogP contribution in [0, 0.1) is 12.3 Å². The molecule has 2 fully saturated rings. The van der Waals surface area contributed by atoms with Gasteiger partial charge in [-0.25, -0.2) is 4.79 Å². The van der Waals surface area contributed by atoms with Crippen LogP contribution >= 0.6 is 0 Å². The third-order valence-electron chi connectivity index (χ3n) is 4.30. The van der Waals surface area contributed by atoms with E-state index in [-0.39, 0.29) is 6.09 Å². The Morgan fingerprint density at radius 2 is 1.96 bits per heavy atom. The summed E-state index contributed by atoms with van der Waals surface area (Å²) in [5, 5.41) is 3.59. The van der Waals surface area contributed by atoms with Crippen LogP contribution in [0.5, 0.6) is 0 Å². The van der Waals surface area contributed by atoms with Gasteiger partial charge < -0.3 is 15.0 Å². The van der Waals surface area contributed by atoms with Crippen molar-refractivity contribution in [2.24, 2.45) is 0 Å². The first-order valence-corrected chi connectivity index (χ1v) is 8.78. The van der Waals surface area contributed by atoms with Gasteiger partial charge in [0.2, 0.25) is 0 Å². The zero-order chi connectivity index (χ0) is 16.9. The van der Waals surface area contributed by atoms with Crippen molar-refractivity contribution in [3.63, 3.8) is 0 Å². The molecule has 23 heavy (non-hydrogen) atoms. The number of ether oxygens (including phenoxy) is 1. The largest absolute Gasteiger partial charge is 0.444 e. The molecule has 1 heterocycles. The lowest BCUT2D eigenvalue weighted by Crippen LogP contribution is -2.46. The molecule has 1 aliphatic heterocycles. The van der Waals surface area contributed by atoms with Gasteiger partial charge in [-0.1, -0.05) is 5.92 Å². The molecule has 0 atom stereocenters. The smallest absolute Gasteiger partial charge is 0.410 e. The standard InChI is InChI=1S/C18H31N3O2/c1-5-11-20-12-8-15(9-13-20)19-10-14-21(16-6-7-16)17(22)23-18(2,3)4/h1,15-16,19H,6-14H2,2-4H3. The number of hydrogen-bond acceptors (Lipinski definition) is 4. The number of amides is 1. The Morgan fingerprint density at radius 3 is 2.48 bits per heavy atom. The average molecular weight is 321 g/mol. The predicted octanol–water partition coefficient (Wildman–Crippen LogP) is 2.07. The predicted molar refractivity (Wildman–Crippen MR) is 92.3 cm³/mol. The third-order valence-corrected chi connectivity index (χ3v) is 4.30. The molecule has 0 radical (unpaired) electrons. The fraction of sp³-hybridized carbons (Fsp3) is 0.833. The lowest BCUT2D eigenvalue weighted by atomic mass is 10.1. The van der Waals surface area contributed by atoms with Gasteiger partial charge in [0.05, 0.1) is 6.54 Å². The van der Waals surface area contributed by atoms with Crippen LogP contribution in [0.3, 0.4) is 0 Å². The zero-order valence-electron chi connectivity index (χ0n) is 14.8. The molecule has 5 heteroatoms. The molecule has 1 N–H and O–H groups in total. The van der Waals surface area contributed by atoms with E-state index in [0.717, 1.165) is 58.4 Å². The SMILES string of the molecule is C#CCN1CCC(NCCN(C(=O)OC(C)(C)C)C2CC2)CC1. The summed E-state index contributed by atoms with van der Waals surface area (Å²) in [7, 11) is 0. The van der Waals surface area contributed by atoms with Crippen LogP contribution in [0.1, 0.15) is 46.5 Å². The topological polar surface area (TPSA) is 44.8 Å². The number of nitrogens with zero attached hydrogens (tertiary/aromatic N) is 2. The van der Waals surface area contributed by atoms with Gasteiger partial charge in [-0.2, -0.15) is 0 Å². The van der Waals surface area contributed by atoms with Gasteiger partial charge >= 0.3 is 6.09 Å². The minimum absolute atomic E-state index is 0.175. The van der Waals surface area contributed by atoms with Crippen LogP contribution < -0.4 is 5.32 Å². The second kappa shape index (κ2) is 8.03. The molecule has 1 amide bonds. The first-order chi connectivity index (χ1) is 10.9. The minimum Gasteiger partial charge on any atom is -0.444 e. The maximum atomic E-state index is 12.3. The van der Waals surface area contributed by atoms with E-state index in [2.05, 4.69) is 16.1 Å². The van der Waals surface area contributed by atoms with Crippen molar-refractivity contribution < 1.29 is 9.53 Å². The van der Waals surface area contributed by atoms with Crippen molar-refractivity contribution in [3.05, 3.63) is 0 Å². The number of nitrogens with one attached hydrogen (secondary N) is 1. The van der Waals surface area contributed by atoms with Crippen molar-refractivity contribution >= 4 is 6.09 Å². The van der Waals surface area contributed by atoms with Crippen LogP contribution in [-0.4, -0.2) is 66.3 Å². The number of hydrogen-bond donors (Lipinski definition) is 1. The number of likely N-dealkylation sites (tertiary alicyclic amines) is 1. The Labute approximate surface area is 140 Å². The van der Waals surface area contributed by atoms with E-state index in [0.29, 0.717) is 12.1 Å². The van der Waals surface area contributed by atoms with Crippen molar-refractivity contribution in [3.8, 4) is 12.3 Å². The van der Waals surface area contributed by atoms with Gasteiger partial charge in [-0.3, -0.25) is 4.90 Å². The number of piperidine rings is 1. The molecule has 0 spiro atoms. The summed E-state index contributed by atoms with van der Waals surface area (Å²) in [5.41, 5.74) is -0.429. The van der Waals surface area contributed by atoms with E-state index < -0.39 is 5.60 Å². The molecule has 1 saturated carbocycles. The maximum absolute atomic E-state index is 12.3. The molecular formula is C18H31N3O2. The molecule has 2 aliphatic rings. The van der Waals surface area contributed by atoms with Crippen molar-refractivity contribution in [1.82, 2.24) is 15.1 Å². The van der Waals surface area contributed by atoms with Crippen LogP contribution in [0.4, 0.5) is 4.79 Å². The quantitative estimate of drug-likeness (QED) is 0.761. The Morgan fingerprint density at radius 1 is 1.30 bits per heavy atom. The lowest BCUT2D eigenvalue weighted by Gasteiger charge is -2.32. The van der Waals surface area contributed by atoms with Crippen molar-refractivity contribution in [2.75, 3.05) is 32.7 Å². The highest BCUT2D eigenvalue weighted by molar-refractivity contribution is 5.69.